The third kappa shape index (κ3) is 2.55. The van der Waals surface area contributed by atoms with Crippen LogP contribution in [0, 0.1) is 0 Å². The second-order valence-corrected chi connectivity index (χ2v) is 5.35. The molecule has 0 atom stereocenters. The van der Waals surface area contributed by atoms with E-state index >= 15 is 0 Å². The molecular weight excluding hydrogens is 280 g/mol. The van der Waals surface area contributed by atoms with E-state index in [1.165, 1.54) is 0 Å². The van der Waals surface area contributed by atoms with Crippen molar-refractivity contribution < 1.29 is 0 Å². The number of nitrogens with zero attached hydrogens (tertiary/aromatic N) is 2. The number of aromatic nitrogens is 1. The number of fused-ring (bicyclic) bond motifs is 1. The summed E-state index contributed by atoms with van der Waals surface area (Å²) in [4.78, 5) is 6.75. The van der Waals surface area contributed by atoms with Crippen molar-refractivity contribution in [3.8, 4) is 0 Å². The maximum absolute atomic E-state index is 4.48. The van der Waals surface area contributed by atoms with Crippen LogP contribution in [0.1, 0.15) is 0 Å². The predicted molar refractivity (Wildman–Crippen MR) is 96.4 cm³/mol. The van der Waals surface area contributed by atoms with E-state index in [-0.39, 0.29) is 0 Å². The Kier molecular flexibility index (Phi) is 3.49. The lowest BCUT2D eigenvalue weighted by molar-refractivity contribution is 1.29. The van der Waals surface area contributed by atoms with Crippen molar-refractivity contribution in [3.05, 3.63) is 97.2 Å². The second-order valence-electron chi connectivity index (χ2n) is 5.35. The van der Waals surface area contributed by atoms with Gasteiger partial charge in [-0.3, -0.25) is 4.98 Å². The zero-order chi connectivity index (χ0) is 15.5. The molecule has 23 heavy (non-hydrogen) atoms. The molecule has 0 saturated heterocycles. The molecule has 110 valence electrons. The van der Waals surface area contributed by atoms with Crippen LogP contribution >= 0.6 is 0 Å². The fourth-order valence-electron chi connectivity index (χ4n) is 2.86. The zero-order valence-corrected chi connectivity index (χ0v) is 12.6. The predicted octanol–water partition coefficient (Wildman–Crippen LogP) is 5.70. The van der Waals surface area contributed by atoms with Crippen molar-refractivity contribution in [2.45, 2.75) is 0 Å². The van der Waals surface area contributed by atoms with Crippen LogP contribution < -0.4 is 4.90 Å². The van der Waals surface area contributed by atoms with Crippen LogP contribution in [0.3, 0.4) is 0 Å². The molecule has 3 aromatic carbocycles. The van der Waals surface area contributed by atoms with Gasteiger partial charge in [0.2, 0.25) is 0 Å². The van der Waals surface area contributed by atoms with Gasteiger partial charge in [-0.1, -0.05) is 42.5 Å². The molecule has 0 spiro atoms. The lowest BCUT2D eigenvalue weighted by atomic mass is 10.1. The second kappa shape index (κ2) is 5.93. The first-order valence-electron chi connectivity index (χ1n) is 7.67. The van der Waals surface area contributed by atoms with Gasteiger partial charge in [0.15, 0.2) is 0 Å². The monoisotopic (exact) mass is 296 g/mol. The minimum Gasteiger partial charge on any atom is -0.310 e. The van der Waals surface area contributed by atoms with Crippen molar-refractivity contribution in [1.82, 2.24) is 4.98 Å². The van der Waals surface area contributed by atoms with Crippen LogP contribution in [0.2, 0.25) is 0 Å². The highest BCUT2D eigenvalue weighted by molar-refractivity contribution is 5.96. The number of pyridine rings is 1. The molecule has 0 N–H and O–H groups in total. The molecule has 0 saturated carbocycles. The lowest BCUT2D eigenvalue weighted by Gasteiger charge is -2.26. The number of rotatable bonds is 3. The van der Waals surface area contributed by atoms with Crippen LogP contribution in [-0.2, 0) is 0 Å². The van der Waals surface area contributed by atoms with E-state index in [1.54, 1.807) is 0 Å². The molecule has 0 amide bonds. The SMILES string of the molecule is c1ccc(N(c2ccccc2)c2cccc3ncccc23)cc1. The Morgan fingerprint density at radius 2 is 1.22 bits per heavy atom. The molecule has 0 unspecified atom stereocenters. The van der Waals surface area contributed by atoms with Crippen LogP contribution in [0.15, 0.2) is 97.2 Å². The summed E-state index contributed by atoms with van der Waals surface area (Å²) >= 11 is 0. The standard InChI is InChI=1S/C21H16N2/c1-3-9-17(10-4-1)23(18-11-5-2-6-12-18)21-15-7-14-20-19(21)13-8-16-22-20/h1-16H. The number of hydrogen-bond donors (Lipinski definition) is 0. The molecule has 4 rings (SSSR count). The van der Waals surface area contributed by atoms with Gasteiger partial charge in [0.05, 0.1) is 11.2 Å². The summed E-state index contributed by atoms with van der Waals surface area (Å²) in [6.07, 6.45) is 1.83. The van der Waals surface area contributed by atoms with E-state index < -0.39 is 0 Å². The van der Waals surface area contributed by atoms with E-state index in [4.69, 9.17) is 0 Å². The minimum atomic E-state index is 1.00. The van der Waals surface area contributed by atoms with Gasteiger partial charge in [0.25, 0.3) is 0 Å². The van der Waals surface area contributed by atoms with Crippen LogP contribution in [-0.4, -0.2) is 4.98 Å². The van der Waals surface area contributed by atoms with Gasteiger partial charge in [-0.2, -0.15) is 0 Å². The van der Waals surface area contributed by atoms with Crippen LogP contribution in [0.25, 0.3) is 10.9 Å². The Balaban J connectivity index is 1.98. The molecule has 0 bridgehead atoms. The Morgan fingerprint density at radius 1 is 0.565 bits per heavy atom. The molecule has 0 radical (unpaired) electrons. The highest BCUT2D eigenvalue weighted by atomic mass is 15.1. The summed E-state index contributed by atoms with van der Waals surface area (Å²) in [6.45, 7) is 0. The first-order chi connectivity index (χ1) is 11.4. The van der Waals surface area contributed by atoms with E-state index in [0.29, 0.717) is 0 Å². The number of benzene rings is 3. The Morgan fingerprint density at radius 3 is 1.87 bits per heavy atom. The van der Waals surface area contributed by atoms with E-state index in [2.05, 4.69) is 76.6 Å². The molecule has 1 aromatic heterocycles. The number of para-hydroxylation sites is 2. The molecule has 2 heteroatoms. The van der Waals surface area contributed by atoms with Gasteiger partial charge in [-0.15, -0.1) is 0 Å². The minimum absolute atomic E-state index is 1.00. The molecular formula is C21H16N2. The topological polar surface area (TPSA) is 16.1 Å². The van der Waals surface area contributed by atoms with Gasteiger partial charge in [0.1, 0.15) is 0 Å². The third-order valence-corrected chi connectivity index (χ3v) is 3.89. The summed E-state index contributed by atoms with van der Waals surface area (Å²) in [6, 6.07) is 31.2. The van der Waals surface area contributed by atoms with E-state index in [0.717, 1.165) is 28.0 Å². The fraction of sp³-hybridized carbons (Fsp3) is 0. The maximum atomic E-state index is 4.48. The van der Waals surface area contributed by atoms with Crippen molar-refractivity contribution in [2.75, 3.05) is 4.90 Å². The molecule has 0 fully saturated rings. The Hall–Kier alpha value is -3.13. The van der Waals surface area contributed by atoms with Gasteiger partial charge >= 0.3 is 0 Å². The summed E-state index contributed by atoms with van der Waals surface area (Å²) in [5, 5.41) is 1.14. The summed E-state index contributed by atoms with van der Waals surface area (Å²) in [5.41, 5.74) is 4.40. The molecule has 4 aromatic rings. The molecule has 0 aliphatic heterocycles. The first kappa shape index (κ1) is 13.5. The smallest absolute Gasteiger partial charge is 0.0723 e. The summed E-state index contributed by atoms with van der Waals surface area (Å²) in [5.74, 6) is 0. The molecule has 1 heterocycles. The lowest BCUT2D eigenvalue weighted by Crippen LogP contribution is -2.10. The molecule has 0 aliphatic rings. The fourth-order valence-corrected chi connectivity index (χ4v) is 2.86. The Labute approximate surface area is 135 Å². The highest BCUT2D eigenvalue weighted by Crippen LogP contribution is 2.37. The van der Waals surface area contributed by atoms with Crippen molar-refractivity contribution in [1.29, 1.82) is 0 Å². The van der Waals surface area contributed by atoms with Crippen LogP contribution in [0.5, 0.6) is 0 Å². The van der Waals surface area contributed by atoms with Crippen molar-refractivity contribution in [2.24, 2.45) is 0 Å². The van der Waals surface area contributed by atoms with Crippen molar-refractivity contribution in [3.63, 3.8) is 0 Å². The number of anilines is 3. The normalized spacial score (nSPS) is 10.6. The van der Waals surface area contributed by atoms with Gasteiger partial charge in [-0.25, -0.2) is 0 Å². The quantitative estimate of drug-likeness (QED) is 0.482. The molecule has 0 aliphatic carbocycles. The maximum Gasteiger partial charge on any atom is 0.0723 e. The number of hydrogen-bond acceptors (Lipinski definition) is 2. The summed E-state index contributed by atoms with van der Waals surface area (Å²) in [7, 11) is 0. The van der Waals surface area contributed by atoms with E-state index in [1.807, 2.05) is 30.5 Å². The van der Waals surface area contributed by atoms with Gasteiger partial charge in [0, 0.05) is 23.0 Å². The van der Waals surface area contributed by atoms with Crippen molar-refractivity contribution >= 4 is 28.0 Å². The van der Waals surface area contributed by atoms with Gasteiger partial charge < -0.3 is 4.90 Å². The average Bonchev–Trinajstić information content (AvgIpc) is 2.64. The van der Waals surface area contributed by atoms with E-state index in [9.17, 15) is 0 Å². The Bertz CT molecular complexity index is 873. The molecule has 2 nitrogen and oxygen atoms in total. The van der Waals surface area contributed by atoms with Crippen LogP contribution in [0.4, 0.5) is 17.1 Å². The zero-order valence-electron chi connectivity index (χ0n) is 12.6. The highest BCUT2D eigenvalue weighted by Gasteiger charge is 2.14. The summed E-state index contributed by atoms with van der Waals surface area (Å²) < 4.78 is 0. The average molecular weight is 296 g/mol. The largest absolute Gasteiger partial charge is 0.310 e. The van der Waals surface area contributed by atoms with Gasteiger partial charge in [-0.05, 0) is 48.5 Å². The first-order valence-corrected chi connectivity index (χ1v) is 7.67. The third-order valence-electron chi connectivity index (χ3n) is 3.89.